The average molecular weight is 421 g/mol. The molecule has 0 unspecified atom stereocenters. The fourth-order valence-electron chi connectivity index (χ4n) is 5.06. The molecule has 0 aliphatic heterocycles. The van der Waals surface area contributed by atoms with Crippen LogP contribution in [-0.2, 0) is 6.54 Å². The first-order valence-electron chi connectivity index (χ1n) is 11.0. The molecular formula is C24H37ClN2O2. The van der Waals surface area contributed by atoms with E-state index in [0.29, 0.717) is 16.0 Å². The maximum absolute atomic E-state index is 12.8. The molecule has 1 aromatic rings. The Balaban J connectivity index is 0.00000300. The van der Waals surface area contributed by atoms with Crippen LogP contribution in [0.3, 0.4) is 0 Å². The van der Waals surface area contributed by atoms with Crippen LogP contribution in [0.2, 0.25) is 5.02 Å². The van der Waals surface area contributed by atoms with Crippen LogP contribution in [-0.4, -0.2) is 30.7 Å². The highest BCUT2D eigenvalue weighted by Gasteiger charge is 2.39. The van der Waals surface area contributed by atoms with Crippen molar-refractivity contribution in [1.29, 1.82) is 0 Å². The minimum absolute atomic E-state index is 0. The number of amides is 1. The van der Waals surface area contributed by atoms with E-state index >= 15 is 0 Å². The lowest BCUT2D eigenvalue weighted by atomic mass is 9.62. The van der Waals surface area contributed by atoms with E-state index in [0.717, 1.165) is 50.4 Å². The number of hydrogen-bond donors (Lipinski definition) is 3. The highest BCUT2D eigenvalue weighted by molar-refractivity contribution is 6.33. The summed E-state index contributed by atoms with van der Waals surface area (Å²) in [4.78, 5) is 12.8. The Hall–Kier alpha value is -1.10. The van der Waals surface area contributed by atoms with Gasteiger partial charge >= 0.3 is 0 Å². The van der Waals surface area contributed by atoms with Gasteiger partial charge in [0.25, 0.3) is 5.91 Å². The predicted octanol–water partition coefficient (Wildman–Crippen LogP) is 5.01. The van der Waals surface area contributed by atoms with E-state index in [1.165, 1.54) is 44.9 Å². The molecule has 0 heterocycles. The van der Waals surface area contributed by atoms with Crippen LogP contribution < -0.4 is 10.6 Å². The Morgan fingerprint density at radius 1 is 1.17 bits per heavy atom. The lowest BCUT2D eigenvalue weighted by molar-refractivity contribution is 0.0681. The van der Waals surface area contributed by atoms with Gasteiger partial charge in [0, 0.05) is 19.7 Å². The number of unbranched alkanes of at least 4 members (excludes halogenated alkanes) is 2. The fourth-order valence-corrected chi connectivity index (χ4v) is 5.26. The largest absolute Gasteiger partial charge is 0.396 e. The van der Waals surface area contributed by atoms with Crippen LogP contribution in [0.4, 0.5) is 0 Å². The number of rotatable bonds is 10. The topological polar surface area (TPSA) is 61.4 Å². The number of carbonyl (C=O) groups excluding carboxylic acids is 1. The highest BCUT2D eigenvalue weighted by Crippen LogP contribution is 2.48. The van der Waals surface area contributed by atoms with Crippen molar-refractivity contribution in [3.8, 4) is 0 Å². The number of fused-ring (bicyclic) bond motifs is 2. The molecule has 2 bridgehead atoms. The van der Waals surface area contributed by atoms with Gasteiger partial charge in [0.1, 0.15) is 0 Å². The quantitative estimate of drug-likeness (QED) is 0.466. The Labute approximate surface area is 181 Å². The van der Waals surface area contributed by atoms with Gasteiger partial charge in [-0.25, -0.2) is 0 Å². The molecule has 0 atom stereocenters. The molecule has 3 N–H and O–H groups in total. The van der Waals surface area contributed by atoms with E-state index < -0.39 is 0 Å². The van der Waals surface area contributed by atoms with Crippen molar-refractivity contribution in [3.05, 3.63) is 41.8 Å². The molecule has 1 amide bonds. The molecule has 2 radical (unpaired) electrons. The molecule has 4 nitrogen and oxygen atoms in total. The highest BCUT2D eigenvalue weighted by atomic mass is 35.5. The van der Waals surface area contributed by atoms with Gasteiger partial charge in [-0.15, -0.1) is 0 Å². The predicted molar refractivity (Wildman–Crippen MR) is 120 cm³/mol. The molecule has 0 saturated heterocycles. The first-order chi connectivity index (χ1) is 13.6. The molecule has 2 aliphatic carbocycles. The summed E-state index contributed by atoms with van der Waals surface area (Å²) in [5, 5.41) is 15.9. The normalized spacial score (nSPS) is 23.3. The maximum atomic E-state index is 12.8. The third-order valence-corrected chi connectivity index (χ3v) is 6.93. The number of benzene rings is 1. The third-order valence-electron chi connectivity index (χ3n) is 6.60. The summed E-state index contributed by atoms with van der Waals surface area (Å²) >= 11 is 6.33. The van der Waals surface area contributed by atoms with Crippen molar-refractivity contribution in [3.63, 3.8) is 0 Å². The summed E-state index contributed by atoms with van der Waals surface area (Å²) in [5.74, 6) is 0.826. The van der Waals surface area contributed by atoms with Crippen LogP contribution >= 0.6 is 11.6 Å². The molecule has 0 spiro atoms. The summed E-state index contributed by atoms with van der Waals surface area (Å²) in [6.07, 6.45) is 12.1. The molecule has 0 aromatic heterocycles. The van der Waals surface area contributed by atoms with Crippen molar-refractivity contribution in [2.45, 2.75) is 70.8 Å². The van der Waals surface area contributed by atoms with Crippen LogP contribution in [0.25, 0.3) is 0 Å². The maximum Gasteiger partial charge on any atom is 0.252 e. The minimum Gasteiger partial charge on any atom is -0.396 e. The summed E-state index contributed by atoms with van der Waals surface area (Å²) in [6.45, 7) is 2.68. The summed E-state index contributed by atoms with van der Waals surface area (Å²) in [7, 11) is 0. The van der Waals surface area contributed by atoms with Gasteiger partial charge in [0.15, 0.2) is 0 Å². The summed E-state index contributed by atoms with van der Waals surface area (Å²) in [5.41, 5.74) is 1.97. The lowest BCUT2D eigenvalue weighted by Gasteiger charge is -2.45. The molecule has 29 heavy (non-hydrogen) atoms. The SMILES string of the molecule is O=C(NCC12CCCC(CCC1)C2)c1cc(CNCCCCCO)ccc1Cl.[CH2]. The second kappa shape index (κ2) is 11.9. The van der Waals surface area contributed by atoms with Crippen LogP contribution in [0.15, 0.2) is 18.2 Å². The zero-order valence-electron chi connectivity index (χ0n) is 17.6. The van der Waals surface area contributed by atoms with Gasteiger partial charge in [0.2, 0.25) is 0 Å². The molecule has 5 heteroatoms. The van der Waals surface area contributed by atoms with Gasteiger partial charge < -0.3 is 15.7 Å². The first kappa shape index (κ1) is 24.2. The van der Waals surface area contributed by atoms with Gasteiger partial charge in [-0.05, 0) is 74.1 Å². The Bertz CT molecular complexity index is 640. The zero-order chi connectivity index (χ0) is 19.8. The summed E-state index contributed by atoms with van der Waals surface area (Å²) < 4.78 is 0. The molecular weight excluding hydrogens is 384 g/mol. The van der Waals surface area contributed by atoms with E-state index in [1.807, 2.05) is 18.2 Å². The Morgan fingerprint density at radius 3 is 2.66 bits per heavy atom. The lowest BCUT2D eigenvalue weighted by Crippen LogP contribution is -2.43. The first-order valence-corrected chi connectivity index (χ1v) is 11.4. The number of aliphatic hydroxyl groups excluding tert-OH is 1. The van der Waals surface area contributed by atoms with Gasteiger partial charge in [-0.2, -0.15) is 0 Å². The van der Waals surface area contributed by atoms with Gasteiger partial charge in [-0.1, -0.05) is 50.8 Å². The Morgan fingerprint density at radius 2 is 1.93 bits per heavy atom. The van der Waals surface area contributed by atoms with E-state index in [9.17, 15) is 4.79 Å². The number of nitrogens with one attached hydrogen (secondary N) is 2. The number of aliphatic hydroxyl groups is 1. The monoisotopic (exact) mass is 420 g/mol. The van der Waals surface area contributed by atoms with Crippen molar-refractivity contribution in [2.75, 3.05) is 19.7 Å². The average Bonchev–Trinajstić information content (AvgIpc) is 2.70. The van der Waals surface area contributed by atoms with E-state index in [4.69, 9.17) is 16.7 Å². The number of hydrogen-bond acceptors (Lipinski definition) is 3. The van der Waals surface area contributed by atoms with E-state index in [2.05, 4.69) is 10.6 Å². The zero-order valence-corrected chi connectivity index (χ0v) is 18.4. The van der Waals surface area contributed by atoms with Crippen LogP contribution in [0, 0.1) is 18.8 Å². The summed E-state index contributed by atoms with van der Waals surface area (Å²) in [6, 6.07) is 5.72. The molecule has 2 saturated carbocycles. The van der Waals surface area contributed by atoms with Crippen molar-refractivity contribution >= 4 is 17.5 Å². The fraction of sp³-hybridized carbons (Fsp3) is 0.667. The second-order valence-corrected chi connectivity index (χ2v) is 9.22. The molecule has 162 valence electrons. The molecule has 2 fully saturated rings. The molecule has 3 rings (SSSR count). The van der Waals surface area contributed by atoms with Crippen molar-refractivity contribution < 1.29 is 9.90 Å². The van der Waals surface area contributed by atoms with E-state index in [-0.39, 0.29) is 19.9 Å². The second-order valence-electron chi connectivity index (χ2n) is 8.81. The van der Waals surface area contributed by atoms with Crippen molar-refractivity contribution in [1.82, 2.24) is 10.6 Å². The van der Waals surface area contributed by atoms with Crippen LogP contribution in [0.5, 0.6) is 0 Å². The minimum atomic E-state index is -0.0446. The van der Waals surface area contributed by atoms with Crippen LogP contribution in [0.1, 0.15) is 80.1 Å². The standard InChI is InChI=1S/C23H35ClN2O2.CH2/c24-21-9-8-19(16-25-12-2-1-3-13-27)14-20(21)22(28)26-17-23-10-4-6-18(15-23)7-5-11-23;/h8-9,14,18,25,27H,1-7,10-13,15-17H2,(H,26,28);1H2. The molecule has 1 aromatic carbocycles. The smallest absolute Gasteiger partial charge is 0.252 e. The van der Waals surface area contributed by atoms with Gasteiger partial charge in [0.05, 0.1) is 10.6 Å². The third kappa shape index (κ3) is 6.97. The van der Waals surface area contributed by atoms with Gasteiger partial charge in [-0.3, -0.25) is 4.79 Å². The Kier molecular flexibility index (Phi) is 9.94. The van der Waals surface area contributed by atoms with Crippen molar-refractivity contribution in [2.24, 2.45) is 11.3 Å². The number of carbonyl (C=O) groups is 1. The van der Waals surface area contributed by atoms with E-state index in [1.54, 1.807) is 0 Å². The molecule has 2 aliphatic rings. The number of halogens is 1.